The lowest BCUT2D eigenvalue weighted by atomic mass is 10.1. The molecule has 0 aliphatic rings. The minimum Gasteiger partial charge on any atom is -0.469 e. The van der Waals surface area contributed by atoms with Gasteiger partial charge in [0.15, 0.2) is 5.96 Å². The standard InChI is InChI=1S/C20H33N3O2.HI/c1-5-21-20(22-11-8-6-7-9-19(24)25-4)23-12-10-18-14-16(2)13-17(3)15-18;/h13-15H,5-12H2,1-4H3,(H2,21,22,23);1H. The average molecular weight is 475 g/mol. The van der Waals surface area contributed by atoms with Crippen molar-refractivity contribution in [3.8, 4) is 0 Å². The van der Waals surface area contributed by atoms with Gasteiger partial charge in [-0.25, -0.2) is 0 Å². The van der Waals surface area contributed by atoms with E-state index >= 15 is 0 Å². The lowest BCUT2D eigenvalue weighted by molar-refractivity contribution is -0.140. The first kappa shape index (κ1) is 24.7. The zero-order valence-corrected chi connectivity index (χ0v) is 18.9. The Labute approximate surface area is 175 Å². The molecule has 0 aliphatic carbocycles. The first-order valence-electron chi connectivity index (χ1n) is 9.21. The summed E-state index contributed by atoms with van der Waals surface area (Å²) in [6.45, 7) is 8.80. The van der Waals surface area contributed by atoms with Crippen LogP contribution in [0, 0.1) is 13.8 Å². The molecule has 1 aromatic carbocycles. The molecule has 0 saturated carbocycles. The Morgan fingerprint density at radius 3 is 2.38 bits per heavy atom. The number of halogens is 1. The highest BCUT2D eigenvalue weighted by molar-refractivity contribution is 14.0. The van der Waals surface area contributed by atoms with Gasteiger partial charge in [-0.2, -0.15) is 0 Å². The lowest BCUT2D eigenvalue weighted by Crippen LogP contribution is -2.38. The minimum absolute atomic E-state index is 0. The van der Waals surface area contributed by atoms with Crippen molar-refractivity contribution in [2.45, 2.75) is 52.9 Å². The van der Waals surface area contributed by atoms with Crippen molar-refractivity contribution >= 4 is 35.9 Å². The van der Waals surface area contributed by atoms with Gasteiger partial charge in [-0.05, 0) is 45.6 Å². The Hall–Kier alpha value is -1.31. The highest BCUT2D eigenvalue weighted by Crippen LogP contribution is 2.09. The number of carbonyl (C=O) groups is 1. The van der Waals surface area contributed by atoms with Gasteiger partial charge in [-0.3, -0.25) is 9.79 Å². The first-order chi connectivity index (χ1) is 12.0. The fraction of sp³-hybridized carbons (Fsp3) is 0.600. The van der Waals surface area contributed by atoms with Crippen molar-refractivity contribution in [2.75, 3.05) is 26.7 Å². The second kappa shape index (κ2) is 14.8. The molecule has 0 saturated heterocycles. The number of carbonyl (C=O) groups excluding carboxylic acids is 1. The van der Waals surface area contributed by atoms with E-state index in [0.717, 1.165) is 51.3 Å². The SMILES string of the molecule is CCNC(=NCCCCCC(=O)OC)NCCc1cc(C)cc(C)c1.I. The van der Waals surface area contributed by atoms with Crippen LogP contribution in [-0.4, -0.2) is 38.7 Å². The molecule has 2 N–H and O–H groups in total. The largest absolute Gasteiger partial charge is 0.469 e. The van der Waals surface area contributed by atoms with Crippen LogP contribution in [0.2, 0.25) is 0 Å². The predicted octanol–water partition coefficient (Wildman–Crippen LogP) is 3.75. The fourth-order valence-corrected chi connectivity index (χ4v) is 2.73. The molecular formula is C20H34IN3O2. The van der Waals surface area contributed by atoms with Crippen LogP contribution >= 0.6 is 24.0 Å². The van der Waals surface area contributed by atoms with Crippen LogP contribution in [0.5, 0.6) is 0 Å². The second-order valence-corrected chi connectivity index (χ2v) is 6.32. The lowest BCUT2D eigenvalue weighted by Gasteiger charge is -2.12. The molecule has 1 aromatic rings. The third-order valence-electron chi connectivity index (χ3n) is 3.87. The van der Waals surface area contributed by atoms with Crippen LogP contribution < -0.4 is 10.6 Å². The number of guanidine groups is 1. The third-order valence-corrected chi connectivity index (χ3v) is 3.87. The van der Waals surface area contributed by atoms with Crippen LogP contribution in [0.25, 0.3) is 0 Å². The summed E-state index contributed by atoms with van der Waals surface area (Å²) < 4.78 is 4.64. The van der Waals surface area contributed by atoms with Crippen molar-refractivity contribution in [1.82, 2.24) is 10.6 Å². The van der Waals surface area contributed by atoms with Gasteiger partial charge >= 0.3 is 5.97 Å². The molecule has 0 amide bonds. The number of hydrogen-bond donors (Lipinski definition) is 2. The Morgan fingerprint density at radius 1 is 1.08 bits per heavy atom. The van der Waals surface area contributed by atoms with E-state index in [1.54, 1.807) is 0 Å². The number of hydrogen-bond acceptors (Lipinski definition) is 3. The van der Waals surface area contributed by atoms with Crippen LogP contribution in [0.1, 0.15) is 49.3 Å². The van der Waals surface area contributed by atoms with Gasteiger partial charge in [0.05, 0.1) is 7.11 Å². The van der Waals surface area contributed by atoms with E-state index in [0.29, 0.717) is 6.42 Å². The third kappa shape index (κ3) is 11.3. The molecule has 0 aliphatic heterocycles. The highest BCUT2D eigenvalue weighted by atomic mass is 127. The fourth-order valence-electron chi connectivity index (χ4n) is 2.73. The first-order valence-corrected chi connectivity index (χ1v) is 9.21. The molecule has 0 radical (unpaired) electrons. The number of rotatable bonds is 10. The molecule has 0 unspecified atom stereocenters. The quantitative estimate of drug-likeness (QED) is 0.178. The molecule has 0 spiro atoms. The number of esters is 1. The summed E-state index contributed by atoms with van der Waals surface area (Å²) in [5.74, 6) is 0.727. The second-order valence-electron chi connectivity index (χ2n) is 6.32. The molecule has 0 aromatic heterocycles. The van der Waals surface area contributed by atoms with Gasteiger partial charge in [0.2, 0.25) is 0 Å². The Kier molecular flexibility index (Phi) is 14.1. The summed E-state index contributed by atoms with van der Waals surface area (Å²) in [5, 5.41) is 6.67. The van der Waals surface area contributed by atoms with E-state index < -0.39 is 0 Å². The van der Waals surface area contributed by atoms with Crippen molar-refractivity contribution in [2.24, 2.45) is 4.99 Å². The molecule has 6 heteroatoms. The van der Waals surface area contributed by atoms with Gasteiger partial charge in [0.25, 0.3) is 0 Å². The van der Waals surface area contributed by atoms with Crippen molar-refractivity contribution in [3.05, 3.63) is 34.9 Å². The van der Waals surface area contributed by atoms with Gasteiger partial charge in [-0.15, -0.1) is 24.0 Å². The van der Waals surface area contributed by atoms with E-state index in [9.17, 15) is 4.79 Å². The van der Waals surface area contributed by atoms with E-state index in [4.69, 9.17) is 0 Å². The zero-order valence-electron chi connectivity index (χ0n) is 16.6. The zero-order chi connectivity index (χ0) is 18.5. The van der Waals surface area contributed by atoms with Crippen LogP contribution in [-0.2, 0) is 16.0 Å². The van der Waals surface area contributed by atoms with Gasteiger partial charge in [0, 0.05) is 26.1 Å². The maximum Gasteiger partial charge on any atom is 0.305 e. The molecule has 1 rings (SSSR count). The Bertz CT molecular complexity index is 542. The van der Waals surface area contributed by atoms with E-state index in [1.807, 2.05) is 0 Å². The van der Waals surface area contributed by atoms with Gasteiger partial charge < -0.3 is 15.4 Å². The number of unbranched alkanes of at least 4 members (excludes halogenated alkanes) is 2. The number of benzene rings is 1. The molecule has 5 nitrogen and oxygen atoms in total. The molecule has 26 heavy (non-hydrogen) atoms. The van der Waals surface area contributed by atoms with E-state index in [-0.39, 0.29) is 29.9 Å². The number of aryl methyl sites for hydroxylation is 2. The predicted molar refractivity (Wildman–Crippen MR) is 120 cm³/mol. The maximum absolute atomic E-state index is 11.0. The molecule has 0 bridgehead atoms. The summed E-state index contributed by atoms with van der Waals surface area (Å²) in [7, 11) is 1.43. The van der Waals surface area contributed by atoms with Crippen LogP contribution in [0.3, 0.4) is 0 Å². The summed E-state index contributed by atoms with van der Waals surface area (Å²) in [5.41, 5.74) is 3.97. The van der Waals surface area contributed by atoms with Crippen molar-refractivity contribution < 1.29 is 9.53 Å². The summed E-state index contributed by atoms with van der Waals surface area (Å²) in [6, 6.07) is 6.67. The van der Waals surface area contributed by atoms with Crippen molar-refractivity contribution in [1.29, 1.82) is 0 Å². The Morgan fingerprint density at radius 2 is 1.77 bits per heavy atom. The monoisotopic (exact) mass is 475 g/mol. The smallest absolute Gasteiger partial charge is 0.305 e. The molecule has 0 heterocycles. The molecule has 0 fully saturated rings. The summed E-state index contributed by atoms with van der Waals surface area (Å²) >= 11 is 0. The summed E-state index contributed by atoms with van der Waals surface area (Å²) in [6.07, 6.45) is 4.30. The normalized spacial score (nSPS) is 10.8. The number of nitrogens with zero attached hydrogens (tertiary/aromatic N) is 1. The number of methoxy groups -OCH3 is 1. The molecular weight excluding hydrogens is 441 g/mol. The molecule has 0 atom stereocenters. The number of ether oxygens (including phenoxy) is 1. The topological polar surface area (TPSA) is 62.7 Å². The van der Waals surface area contributed by atoms with Crippen LogP contribution in [0.4, 0.5) is 0 Å². The van der Waals surface area contributed by atoms with E-state index in [1.165, 1.54) is 23.8 Å². The molecule has 148 valence electrons. The Balaban J connectivity index is 0.00000625. The summed E-state index contributed by atoms with van der Waals surface area (Å²) in [4.78, 5) is 15.6. The van der Waals surface area contributed by atoms with Crippen molar-refractivity contribution in [3.63, 3.8) is 0 Å². The average Bonchev–Trinajstić information content (AvgIpc) is 2.56. The van der Waals surface area contributed by atoms with Gasteiger partial charge in [0.1, 0.15) is 0 Å². The highest BCUT2D eigenvalue weighted by Gasteiger charge is 2.01. The van der Waals surface area contributed by atoms with Crippen LogP contribution in [0.15, 0.2) is 23.2 Å². The van der Waals surface area contributed by atoms with Gasteiger partial charge in [-0.1, -0.05) is 35.7 Å². The maximum atomic E-state index is 11.0. The number of aliphatic imine (C=N–C) groups is 1. The van der Waals surface area contributed by atoms with E-state index in [2.05, 4.69) is 59.3 Å². The number of nitrogens with one attached hydrogen (secondary N) is 2. The minimum atomic E-state index is -0.134.